The van der Waals surface area contributed by atoms with Crippen LogP contribution in [0.3, 0.4) is 0 Å². The fraction of sp³-hybridized carbons (Fsp3) is 0.692. The molecule has 0 saturated heterocycles. The molecule has 104 valence electrons. The summed E-state index contributed by atoms with van der Waals surface area (Å²) >= 11 is 0. The van der Waals surface area contributed by atoms with Gasteiger partial charge in [-0.15, -0.1) is 0 Å². The molecule has 5 heteroatoms. The number of furan rings is 1. The molecule has 1 rings (SSSR count). The predicted octanol–water partition coefficient (Wildman–Crippen LogP) is 2.72. The van der Waals surface area contributed by atoms with E-state index in [2.05, 4.69) is 19.2 Å². The van der Waals surface area contributed by atoms with Gasteiger partial charge in [-0.25, -0.2) is 8.78 Å². The fourth-order valence-electron chi connectivity index (χ4n) is 1.67. The SMILES string of the molecule is CC(C)CNCc1coc(CN(C)CC(F)F)c1. The molecule has 0 aliphatic carbocycles. The van der Waals surface area contributed by atoms with E-state index in [0.717, 1.165) is 24.4 Å². The number of nitrogens with one attached hydrogen (secondary N) is 1. The topological polar surface area (TPSA) is 28.4 Å². The Balaban J connectivity index is 2.33. The Bertz CT molecular complexity index is 339. The zero-order chi connectivity index (χ0) is 13.5. The van der Waals surface area contributed by atoms with E-state index in [1.807, 2.05) is 6.07 Å². The van der Waals surface area contributed by atoms with Crippen LogP contribution in [0, 0.1) is 5.92 Å². The smallest absolute Gasteiger partial charge is 0.251 e. The van der Waals surface area contributed by atoms with E-state index in [0.29, 0.717) is 12.5 Å². The number of nitrogens with zero attached hydrogens (tertiary/aromatic N) is 1. The molecule has 1 aromatic heterocycles. The minimum Gasteiger partial charge on any atom is -0.468 e. The lowest BCUT2D eigenvalue weighted by Gasteiger charge is -2.13. The standard InChI is InChI=1S/C13H22F2N2O/c1-10(2)5-16-6-11-4-12(18-9-11)7-17(3)8-13(14)15/h4,9-10,13,16H,5-8H2,1-3H3. The molecule has 0 radical (unpaired) electrons. The molecule has 1 aromatic rings. The molecule has 0 fully saturated rings. The van der Waals surface area contributed by atoms with Gasteiger partial charge in [0.25, 0.3) is 6.43 Å². The third kappa shape index (κ3) is 6.12. The van der Waals surface area contributed by atoms with Gasteiger partial charge in [-0.3, -0.25) is 4.90 Å². The maximum Gasteiger partial charge on any atom is 0.251 e. The summed E-state index contributed by atoms with van der Waals surface area (Å²) in [7, 11) is 1.66. The lowest BCUT2D eigenvalue weighted by Crippen LogP contribution is -2.23. The first-order valence-corrected chi connectivity index (χ1v) is 6.21. The molecule has 0 aliphatic rings. The van der Waals surface area contributed by atoms with Crippen LogP contribution in [0.1, 0.15) is 25.2 Å². The van der Waals surface area contributed by atoms with Crippen molar-refractivity contribution in [3.8, 4) is 0 Å². The highest BCUT2D eigenvalue weighted by molar-refractivity contribution is 5.12. The minimum absolute atomic E-state index is 0.234. The highest BCUT2D eigenvalue weighted by Gasteiger charge is 2.10. The number of halogens is 2. The second-order valence-corrected chi connectivity index (χ2v) is 5.03. The lowest BCUT2D eigenvalue weighted by atomic mass is 10.2. The molecule has 3 nitrogen and oxygen atoms in total. The van der Waals surface area contributed by atoms with E-state index in [1.54, 1.807) is 18.2 Å². The van der Waals surface area contributed by atoms with Crippen molar-refractivity contribution in [3.63, 3.8) is 0 Å². The molecule has 0 spiro atoms. The van der Waals surface area contributed by atoms with Crippen molar-refractivity contribution in [2.24, 2.45) is 5.92 Å². The van der Waals surface area contributed by atoms with Gasteiger partial charge in [-0.1, -0.05) is 13.8 Å². The summed E-state index contributed by atoms with van der Waals surface area (Å²) in [5.74, 6) is 1.33. The third-order valence-electron chi connectivity index (χ3n) is 2.47. The van der Waals surface area contributed by atoms with Crippen molar-refractivity contribution >= 4 is 0 Å². The molecule has 0 bridgehead atoms. The van der Waals surface area contributed by atoms with Crippen LogP contribution < -0.4 is 5.32 Å². The van der Waals surface area contributed by atoms with E-state index >= 15 is 0 Å². The molecular formula is C13H22F2N2O. The van der Waals surface area contributed by atoms with Crippen LogP contribution in [-0.2, 0) is 13.1 Å². The Morgan fingerprint density at radius 1 is 1.39 bits per heavy atom. The highest BCUT2D eigenvalue weighted by atomic mass is 19.3. The van der Waals surface area contributed by atoms with Gasteiger partial charge >= 0.3 is 0 Å². The summed E-state index contributed by atoms with van der Waals surface area (Å²) in [4.78, 5) is 1.55. The third-order valence-corrected chi connectivity index (χ3v) is 2.47. The molecule has 0 saturated carbocycles. The van der Waals surface area contributed by atoms with Gasteiger partial charge < -0.3 is 9.73 Å². The number of hydrogen-bond acceptors (Lipinski definition) is 3. The summed E-state index contributed by atoms with van der Waals surface area (Å²) in [5, 5.41) is 3.31. The number of rotatable bonds is 8. The summed E-state index contributed by atoms with van der Waals surface area (Å²) in [5.41, 5.74) is 1.05. The van der Waals surface area contributed by atoms with E-state index in [4.69, 9.17) is 4.42 Å². The van der Waals surface area contributed by atoms with Crippen LogP contribution in [0.5, 0.6) is 0 Å². The number of hydrogen-bond donors (Lipinski definition) is 1. The maximum absolute atomic E-state index is 12.2. The molecule has 1 heterocycles. The van der Waals surface area contributed by atoms with Crippen molar-refractivity contribution in [3.05, 3.63) is 23.7 Å². The van der Waals surface area contributed by atoms with Gasteiger partial charge in [0, 0.05) is 12.1 Å². The van der Waals surface area contributed by atoms with Crippen molar-refractivity contribution in [2.75, 3.05) is 20.1 Å². The van der Waals surface area contributed by atoms with Crippen molar-refractivity contribution in [1.29, 1.82) is 0 Å². The summed E-state index contributed by atoms with van der Waals surface area (Å²) in [6.07, 6.45) is -0.629. The maximum atomic E-state index is 12.2. The summed E-state index contributed by atoms with van der Waals surface area (Å²) < 4.78 is 29.7. The van der Waals surface area contributed by atoms with Gasteiger partial charge in [0.1, 0.15) is 5.76 Å². The molecular weight excluding hydrogens is 238 g/mol. The van der Waals surface area contributed by atoms with Crippen LogP contribution in [-0.4, -0.2) is 31.5 Å². The molecule has 0 atom stereocenters. The molecule has 18 heavy (non-hydrogen) atoms. The van der Waals surface area contributed by atoms with E-state index < -0.39 is 6.43 Å². The summed E-state index contributed by atoms with van der Waals surface area (Å²) in [6.45, 7) is 6.17. The van der Waals surface area contributed by atoms with Crippen molar-refractivity contribution in [2.45, 2.75) is 33.4 Å². The first-order valence-electron chi connectivity index (χ1n) is 6.21. The second-order valence-electron chi connectivity index (χ2n) is 5.03. The molecule has 0 aliphatic heterocycles. The quantitative estimate of drug-likeness (QED) is 0.779. The van der Waals surface area contributed by atoms with Crippen LogP contribution in [0.25, 0.3) is 0 Å². The monoisotopic (exact) mass is 260 g/mol. The van der Waals surface area contributed by atoms with Gasteiger partial charge in [0.2, 0.25) is 0 Å². The molecule has 1 N–H and O–H groups in total. The Morgan fingerprint density at radius 3 is 2.72 bits per heavy atom. The first-order chi connectivity index (χ1) is 8.47. The van der Waals surface area contributed by atoms with Crippen LogP contribution in [0.15, 0.2) is 16.7 Å². The Hall–Kier alpha value is -0.940. The van der Waals surface area contributed by atoms with Crippen molar-refractivity contribution < 1.29 is 13.2 Å². The fourth-order valence-corrected chi connectivity index (χ4v) is 1.67. The lowest BCUT2D eigenvalue weighted by molar-refractivity contribution is 0.0946. The van der Waals surface area contributed by atoms with E-state index in [-0.39, 0.29) is 6.54 Å². The van der Waals surface area contributed by atoms with E-state index in [9.17, 15) is 8.78 Å². The van der Waals surface area contributed by atoms with Crippen LogP contribution >= 0.6 is 0 Å². The largest absolute Gasteiger partial charge is 0.468 e. The first kappa shape index (κ1) is 15.1. The molecule has 0 amide bonds. The minimum atomic E-state index is -2.31. The van der Waals surface area contributed by atoms with Gasteiger partial charge in [-0.05, 0) is 25.6 Å². The average molecular weight is 260 g/mol. The zero-order valence-corrected chi connectivity index (χ0v) is 11.2. The molecule has 0 unspecified atom stereocenters. The van der Waals surface area contributed by atoms with Gasteiger partial charge in [0.05, 0.1) is 19.4 Å². The van der Waals surface area contributed by atoms with Crippen LogP contribution in [0.4, 0.5) is 8.78 Å². The Labute approximate surface area is 107 Å². The van der Waals surface area contributed by atoms with Crippen LogP contribution in [0.2, 0.25) is 0 Å². The number of alkyl halides is 2. The van der Waals surface area contributed by atoms with E-state index in [1.165, 1.54) is 0 Å². The average Bonchev–Trinajstić information content (AvgIpc) is 2.63. The highest BCUT2D eigenvalue weighted by Crippen LogP contribution is 2.10. The Kier molecular flexibility index (Phi) is 6.29. The van der Waals surface area contributed by atoms with Crippen molar-refractivity contribution in [1.82, 2.24) is 10.2 Å². The molecule has 0 aromatic carbocycles. The normalized spacial score (nSPS) is 12.0. The predicted molar refractivity (Wildman–Crippen MR) is 67.6 cm³/mol. The van der Waals surface area contributed by atoms with Gasteiger partial charge in [0.15, 0.2) is 0 Å². The summed E-state index contributed by atoms with van der Waals surface area (Å²) in [6, 6.07) is 1.91. The second kappa shape index (κ2) is 7.48. The Morgan fingerprint density at radius 2 is 2.11 bits per heavy atom. The zero-order valence-electron chi connectivity index (χ0n) is 11.2. The van der Waals surface area contributed by atoms with Gasteiger partial charge in [-0.2, -0.15) is 0 Å².